The zero-order valence-electron chi connectivity index (χ0n) is 10.1. The van der Waals surface area contributed by atoms with Crippen LogP contribution in [0.5, 0.6) is 0 Å². The Kier molecular flexibility index (Phi) is 3.61. The highest BCUT2D eigenvalue weighted by atomic mass is 32.1. The Bertz CT molecular complexity index is 531. The van der Waals surface area contributed by atoms with Crippen molar-refractivity contribution < 1.29 is 0 Å². The minimum atomic E-state index is 0.613. The second-order valence-electron chi connectivity index (χ2n) is 4.21. The molecule has 0 spiro atoms. The number of nitrogens with zero attached hydrogens (tertiary/aromatic N) is 1. The van der Waals surface area contributed by atoms with E-state index in [0.717, 1.165) is 16.2 Å². The SMILES string of the molecule is CCC(C)c1ccc(-c2ccc(C#N)s2)cc1. The minimum Gasteiger partial charge on any atom is -0.192 e. The van der Waals surface area contributed by atoms with Gasteiger partial charge in [-0.2, -0.15) is 5.26 Å². The van der Waals surface area contributed by atoms with Gasteiger partial charge in [0.1, 0.15) is 10.9 Å². The number of hydrogen-bond acceptors (Lipinski definition) is 2. The Morgan fingerprint density at radius 1 is 1.18 bits per heavy atom. The molecule has 1 aromatic heterocycles. The molecule has 86 valence electrons. The van der Waals surface area contributed by atoms with Crippen LogP contribution in [0.3, 0.4) is 0 Å². The Balaban J connectivity index is 2.26. The summed E-state index contributed by atoms with van der Waals surface area (Å²) in [5.41, 5.74) is 2.58. The van der Waals surface area contributed by atoms with Crippen LogP contribution >= 0.6 is 11.3 Å². The zero-order valence-corrected chi connectivity index (χ0v) is 10.9. The third-order valence-corrected chi connectivity index (χ3v) is 4.13. The van der Waals surface area contributed by atoms with Gasteiger partial charge in [-0.25, -0.2) is 0 Å². The van der Waals surface area contributed by atoms with Crippen LogP contribution in [0.15, 0.2) is 36.4 Å². The summed E-state index contributed by atoms with van der Waals surface area (Å²) in [4.78, 5) is 1.93. The molecule has 1 nitrogen and oxygen atoms in total. The van der Waals surface area contributed by atoms with Crippen molar-refractivity contribution in [1.82, 2.24) is 0 Å². The lowest BCUT2D eigenvalue weighted by atomic mass is 9.97. The molecule has 1 aromatic carbocycles. The molecule has 1 unspecified atom stereocenters. The lowest BCUT2D eigenvalue weighted by Gasteiger charge is -2.09. The topological polar surface area (TPSA) is 23.8 Å². The van der Waals surface area contributed by atoms with Gasteiger partial charge >= 0.3 is 0 Å². The molecule has 0 amide bonds. The molecule has 17 heavy (non-hydrogen) atoms. The lowest BCUT2D eigenvalue weighted by molar-refractivity contribution is 0.734. The molecule has 0 bridgehead atoms. The highest BCUT2D eigenvalue weighted by molar-refractivity contribution is 7.16. The Hall–Kier alpha value is -1.59. The van der Waals surface area contributed by atoms with Crippen molar-refractivity contribution in [3.63, 3.8) is 0 Å². The van der Waals surface area contributed by atoms with Gasteiger partial charge in [-0.15, -0.1) is 11.3 Å². The normalized spacial score (nSPS) is 12.1. The summed E-state index contributed by atoms with van der Waals surface area (Å²) in [5.74, 6) is 0.613. The summed E-state index contributed by atoms with van der Waals surface area (Å²) in [6.45, 7) is 4.45. The standard InChI is InChI=1S/C15H15NS/c1-3-11(2)12-4-6-13(7-5-12)15-9-8-14(10-16)17-15/h4-9,11H,3H2,1-2H3. The van der Waals surface area contributed by atoms with Crippen molar-refractivity contribution in [3.8, 4) is 16.5 Å². The fourth-order valence-corrected chi connectivity index (χ4v) is 2.57. The molecule has 0 aliphatic heterocycles. The Labute approximate surface area is 106 Å². The minimum absolute atomic E-state index is 0.613. The van der Waals surface area contributed by atoms with Crippen LogP contribution in [0, 0.1) is 11.3 Å². The predicted octanol–water partition coefficient (Wildman–Crippen LogP) is 4.80. The molecule has 0 fully saturated rings. The molecule has 1 atom stereocenters. The van der Waals surface area contributed by atoms with Crippen LogP contribution in [-0.2, 0) is 0 Å². The van der Waals surface area contributed by atoms with Crippen molar-refractivity contribution in [2.75, 3.05) is 0 Å². The Morgan fingerprint density at radius 3 is 2.41 bits per heavy atom. The van der Waals surface area contributed by atoms with Crippen molar-refractivity contribution in [3.05, 3.63) is 46.8 Å². The number of rotatable bonds is 3. The first-order valence-electron chi connectivity index (χ1n) is 5.85. The van der Waals surface area contributed by atoms with Crippen LogP contribution in [-0.4, -0.2) is 0 Å². The number of nitriles is 1. The third-order valence-electron chi connectivity index (χ3n) is 3.09. The Morgan fingerprint density at radius 2 is 1.88 bits per heavy atom. The maximum absolute atomic E-state index is 8.81. The summed E-state index contributed by atoms with van der Waals surface area (Å²) in [7, 11) is 0. The summed E-state index contributed by atoms with van der Waals surface area (Å²) in [6, 6.07) is 14.7. The highest BCUT2D eigenvalue weighted by Crippen LogP contribution is 2.29. The molecule has 2 rings (SSSR count). The third kappa shape index (κ3) is 2.57. The second-order valence-corrected chi connectivity index (χ2v) is 5.29. The van der Waals surface area contributed by atoms with E-state index in [2.05, 4.69) is 44.2 Å². The molecular formula is C15H15NS. The summed E-state index contributed by atoms with van der Waals surface area (Å²) in [5, 5.41) is 8.81. The van der Waals surface area contributed by atoms with Gasteiger partial charge < -0.3 is 0 Å². The molecule has 1 heterocycles. The highest BCUT2D eigenvalue weighted by Gasteiger charge is 2.05. The maximum atomic E-state index is 8.81. The van der Waals surface area contributed by atoms with Gasteiger partial charge in [-0.3, -0.25) is 0 Å². The molecule has 0 aliphatic carbocycles. The van der Waals surface area contributed by atoms with Gasteiger partial charge in [0, 0.05) is 4.88 Å². The van der Waals surface area contributed by atoms with Gasteiger partial charge in [0.15, 0.2) is 0 Å². The first kappa shape index (κ1) is 11.9. The quantitative estimate of drug-likeness (QED) is 0.757. The van der Waals surface area contributed by atoms with Crippen LogP contribution in [0.1, 0.15) is 36.6 Å². The van der Waals surface area contributed by atoms with E-state index in [0.29, 0.717) is 5.92 Å². The molecular weight excluding hydrogens is 226 g/mol. The van der Waals surface area contributed by atoms with Crippen molar-refractivity contribution in [2.45, 2.75) is 26.2 Å². The van der Waals surface area contributed by atoms with Crippen molar-refractivity contribution >= 4 is 11.3 Å². The molecule has 0 radical (unpaired) electrons. The zero-order chi connectivity index (χ0) is 12.3. The average molecular weight is 241 g/mol. The predicted molar refractivity (Wildman–Crippen MR) is 73.2 cm³/mol. The summed E-state index contributed by atoms with van der Waals surface area (Å²) >= 11 is 1.54. The fraction of sp³-hybridized carbons (Fsp3) is 0.267. The monoisotopic (exact) mass is 241 g/mol. The van der Waals surface area contributed by atoms with Crippen LogP contribution < -0.4 is 0 Å². The van der Waals surface area contributed by atoms with E-state index >= 15 is 0 Å². The first-order chi connectivity index (χ1) is 8.24. The molecule has 0 aliphatic rings. The average Bonchev–Trinajstić information content (AvgIpc) is 2.87. The van der Waals surface area contributed by atoms with Crippen LogP contribution in [0.25, 0.3) is 10.4 Å². The number of hydrogen-bond donors (Lipinski definition) is 0. The smallest absolute Gasteiger partial charge is 0.110 e. The van der Waals surface area contributed by atoms with E-state index < -0.39 is 0 Å². The molecule has 0 saturated carbocycles. The van der Waals surface area contributed by atoms with Crippen molar-refractivity contribution in [2.24, 2.45) is 0 Å². The van der Waals surface area contributed by atoms with Crippen molar-refractivity contribution in [1.29, 1.82) is 5.26 Å². The lowest BCUT2D eigenvalue weighted by Crippen LogP contribution is -1.90. The molecule has 0 N–H and O–H groups in total. The second kappa shape index (κ2) is 5.16. The van der Waals surface area contributed by atoms with Gasteiger partial charge in [-0.1, -0.05) is 38.1 Å². The van der Waals surface area contributed by atoms with E-state index in [4.69, 9.17) is 5.26 Å². The van der Waals surface area contributed by atoms with E-state index in [-0.39, 0.29) is 0 Å². The van der Waals surface area contributed by atoms with E-state index in [9.17, 15) is 0 Å². The van der Waals surface area contributed by atoms with E-state index in [1.807, 2.05) is 12.1 Å². The molecule has 2 aromatic rings. The fourth-order valence-electron chi connectivity index (χ4n) is 1.76. The number of thiophene rings is 1. The largest absolute Gasteiger partial charge is 0.192 e. The van der Waals surface area contributed by atoms with E-state index in [1.165, 1.54) is 11.1 Å². The van der Waals surface area contributed by atoms with Crippen LogP contribution in [0.2, 0.25) is 0 Å². The molecule has 2 heteroatoms. The summed E-state index contributed by atoms with van der Waals surface area (Å²) in [6.07, 6.45) is 1.16. The first-order valence-corrected chi connectivity index (χ1v) is 6.66. The van der Waals surface area contributed by atoms with Gasteiger partial charge in [0.05, 0.1) is 0 Å². The van der Waals surface area contributed by atoms with Gasteiger partial charge in [0.25, 0.3) is 0 Å². The maximum Gasteiger partial charge on any atom is 0.110 e. The summed E-state index contributed by atoms with van der Waals surface area (Å²) < 4.78 is 0. The van der Waals surface area contributed by atoms with E-state index in [1.54, 1.807) is 11.3 Å². The van der Waals surface area contributed by atoms with Gasteiger partial charge in [-0.05, 0) is 35.6 Å². The van der Waals surface area contributed by atoms with Gasteiger partial charge in [0.2, 0.25) is 0 Å². The molecule has 0 saturated heterocycles. The van der Waals surface area contributed by atoms with Crippen LogP contribution in [0.4, 0.5) is 0 Å². The number of benzene rings is 1.